The number of carbonyl (C=O) groups is 6. The standard InChI is InChI=1S/C55H78N8O8S2/c1-32(56-7)48(64)59-39-21-25-72-43-29-54(3,4)46(62(43)52(39)68)50(66)58-31-38-36-19-13-11-17-34(36)27-41(38)70-23-15-9-10-16-24-71-42-28-35-18-12-14-20-37(35)45(42)61-51(67)47-55(5,6)30-44-63(47)53(69)40(22-26-73-44)60-49(65)33(2)57-8/h11-14,17-20,31-33,38-47,56-57H,9-10,15-16,21-30H2,1-8H3,(H,59,64)(H,60,65)(H,61,67)/t32-,33-,38?,39-,40-,41+,42+,43-,44-,45-,46+,47+/m0/s1. The van der Waals surface area contributed by atoms with Crippen LogP contribution < -0.4 is 26.6 Å². The molecule has 2 aliphatic carbocycles. The predicted octanol–water partition coefficient (Wildman–Crippen LogP) is 5.03. The van der Waals surface area contributed by atoms with Gasteiger partial charge in [-0.3, -0.25) is 28.8 Å². The molecule has 0 saturated carbocycles. The van der Waals surface area contributed by atoms with E-state index in [1.807, 2.05) is 38.1 Å². The quantitative estimate of drug-likeness (QED) is 0.0931. The van der Waals surface area contributed by atoms with Gasteiger partial charge in [0, 0.05) is 31.8 Å². The lowest BCUT2D eigenvalue weighted by Crippen LogP contribution is -2.58. The molecule has 6 amide bonds. The van der Waals surface area contributed by atoms with Gasteiger partial charge in [0.2, 0.25) is 29.5 Å². The molecular formula is C55H78N8O8S2. The number of nitrogens with one attached hydrogen (secondary N) is 5. The fourth-order valence-corrected chi connectivity index (χ4v) is 15.0. The Kier molecular flexibility index (Phi) is 17.8. The first kappa shape index (κ1) is 54.9. The average Bonchev–Trinajstić information content (AvgIpc) is 4.01. The van der Waals surface area contributed by atoms with Gasteiger partial charge in [0.1, 0.15) is 24.2 Å². The number of hydrogen-bond acceptors (Lipinski definition) is 12. The Bertz CT molecular complexity index is 2380. The summed E-state index contributed by atoms with van der Waals surface area (Å²) in [7, 11) is 3.41. The van der Waals surface area contributed by atoms with Crippen LogP contribution in [-0.2, 0) is 51.1 Å². The van der Waals surface area contributed by atoms with E-state index in [4.69, 9.17) is 9.47 Å². The summed E-state index contributed by atoms with van der Waals surface area (Å²) in [6.45, 7) is 12.8. The lowest BCUT2D eigenvalue weighted by Gasteiger charge is -2.35. The zero-order valence-electron chi connectivity index (χ0n) is 43.9. The highest BCUT2D eigenvalue weighted by Gasteiger charge is 2.56. The number of thioether (sulfide) groups is 2. The van der Waals surface area contributed by atoms with E-state index in [1.54, 1.807) is 67.5 Å². The number of fused-ring (bicyclic) bond motifs is 4. The second-order valence-corrected chi connectivity index (χ2v) is 24.8. The maximum atomic E-state index is 14.6. The van der Waals surface area contributed by atoms with Crippen molar-refractivity contribution in [1.82, 2.24) is 36.4 Å². The minimum Gasteiger partial charge on any atom is -0.377 e. The lowest BCUT2D eigenvalue weighted by atomic mass is 9.83. The van der Waals surface area contributed by atoms with Gasteiger partial charge in [0.25, 0.3) is 5.91 Å². The molecule has 4 aliphatic heterocycles. The molecule has 0 bridgehead atoms. The van der Waals surface area contributed by atoms with Crippen molar-refractivity contribution in [3.8, 4) is 0 Å². The normalized spacial score (nSPS) is 29.9. The molecule has 6 aliphatic rings. The van der Waals surface area contributed by atoms with E-state index in [0.717, 1.165) is 42.4 Å². The van der Waals surface area contributed by atoms with Crippen LogP contribution in [0, 0.1) is 10.8 Å². The molecule has 398 valence electrons. The summed E-state index contributed by atoms with van der Waals surface area (Å²) in [6.07, 6.45) is 8.59. The number of rotatable bonds is 19. The Balaban J connectivity index is 0.834. The van der Waals surface area contributed by atoms with E-state index >= 15 is 0 Å². The zero-order valence-corrected chi connectivity index (χ0v) is 45.6. The molecule has 2 aromatic rings. The number of hydrogen-bond donors (Lipinski definition) is 5. The van der Waals surface area contributed by atoms with Gasteiger partial charge in [0.15, 0.2) is 0 Å². The van der Waals surface area contributed by atoms with Crippen molar-refractivity contribution in [2.45, 2.75) is 177 Å². The van der Waals surface area contributed by atoms with E-state index in [1.165, 1.54) is 5.56 Å². The van der Waals surface area contributed by atoms with Crippen molar-refractivity contribution in [2.75, 3.05) is 38.8 Å². The van der Waals surface area contributed by atoms with E-state index < -0.39 is 47.1 Å². The monoisotopic (exact) mass is 1040 g/mol. The fourth-order valence-electron chi connectivity index (χ4n) is 11.8. The molecule has 73 heavy (non-hydrogen) atoms. The van der Waals surface area contributed by atoms with Crippen molar-refractivity contribution in [1.29, 1.82) is 0 Å². The van der Waals surface area contributed by atoms with Gasteiger partial charge in [-0.15, -0.1) is 23.5 Å². The third kappa shape index (κ3) is 12.0. The van der Waals surface area contributed by atoms with Crippen molar-refractivity contribution in [3.05, 3.63) is 70.8 Å². The first-order valence-corrected chi connectivity index (χ1v) is 28.6. The van der Waals surface area contributed by atoms with Crippen LogP contribution >= 0.6 is 23.5 Å². The Morgan fingerprint density at radius 1 is 0.685 bits per heavy atom. The number of aliphatic imine (C=N–C) groups is 1. The predicted molar refractivity (Wildman–Crippen MR) is 286 cm³/mol. The molecule has 0 spiro atoms. The van der Waals surface area contributed by atoms with E-state index in [-0.39, 0.29) is 70.4 Å². The second kappa shape index (κ2) is 23.7. The summed E-state index contributed by atoms with van der Waals surface area (Å²) < 4.78 is 13.2. The summed E-state index contributed by atoms with van der Waals surface area (Å²) >= 11 is 3.35. The van der Waals surface area contributed by atoms with Gasteiger partial charge in [-0.25, -0.2) is 4.99 Å². The van der Waals surface area contributed by atoms with E-state index in [0.29, 0.717) is 63.2 Å². The number of amides is 6. The minimum absolute atomic E-state index is 0.156. The first-order valence-electron chi connectivity index (χ1n) is 26.5. The Morgan fingerprint density at radius 2 is 1.16 bits per heavy atom. The van der Waals surface area contributed by atoms with Gasteiger partial charge in [-0.1, -0.05) is 89.1 Å². The maximum absolute atomic E-state index is 14.6. The average molecular weight is 1040 g/mol. The molecule has 4 saturated heterocycles. The molecule has 0 radical (unpaired) electrons. The van der Waals surface area contributed by atoms with Crippen LogP contribution in [0.4, 0.5) is 0 Å². The Labute approximate surface area is 440 Å². The van der Waals surface area contributed by atoms with Crippen LogP contribution in [0.15, 0.2) is 53.5 Å². The summed E-state index contributed by atoms with van der Waals surface area (Å²) in [5.74, 6) is -0.289. The smallest absolute Gasteiger partial charge is 0.268 e. The van der Waals surface area contributed by atoms with Crippen LogP contribution in [0.1, 0.15) is 127 Å². The van der Waals surface area contributed by atoms with E-state index in [9.17, 15) is 28.8 Å². The second-order valence-electron chi connectivity index (χ2n) is 22.2. The highest BCUT2D eigenvalue weighted by Crippen LogP contribution is 2.48. The largest absolute Gasteiger partial charge is 0.377 e. The highest BCUT2D eigenvalue weighted by atomic mass is 32.2. The fraction of sp³-hybridized carbons (Fsp3) is 0.655. The summed E-state index contributed by atoms with van der Waals surface area (Å²) in [6, 6.07) is 12.2. The maximum Gasteiger partial charge on any atom is 0.268 e. The number of carbonyl (C=O) groups excluding carboxylic acids is 6. The molecule has 8 rings (SSSR count). The van der Waals surface area contributed by atoms with Crippen LogP contribution in [0.5, 0.6) is 0 Å². The van der Waals surface area contributed by atoms with Crippen molar-refractivity contribution in [2.24, 2.45) is 15.8 Å². The number of nitrogens with zero attached hydrogens (tertiary/aromatic N) is 3. The molecule has 4 heterocycles. The van der Waals surface area contributed by atoms with Crippen LogP contribution in [0.2, 0.25) is 0 Å². The van der Waals surface area contributed by atoms with Crippen LogP contribution in [-0.4, -0.2) is 149 Å². The number of likely N-dealkylation sites (N-methyl/N-ethyl adjacent to an activating group) is 2. The van der Waals surface area contributed by atoms with Gasteiger partial charge < -0.3 is 45.9 Å². The summed E-state index contributed by atoms with van der Waals surface area (Å²) in [5, 5.41) is 14.8. The van der Waals surface area contributed by atoms with Gasteiger partial charge in [-0.2, -0.15) is 0 Å². The van der Waals surface area contributed by atoms with Gasteiger partial charge in [0.05, 0.1) is 41.1 Å². The first-order chi connectivity index (χ1) is 34.9. The lowest BCUT2D eigenvalue weighted by molar-refractivity contribution is -0.144. The zero-order chi connectivity index (χ0) is 52.2. The van der Waals surface area contributed by atoms with E-state index in [2.05, 4.69) is 69.7 Å². The molecule has 2 aromatic carbocycles. The molecule has 18 heteroatoms. The van der Waals surface area contributed by atoms with Gasteiger partial charge >= 0.3 is 0 Å². The molecule has 1 unspecified atom stereocenters. The number of unbranched alkanes of at least 4 members (excludes halogenated alkanes) is 3. The number of benzene rings is 2. The Hall–Kier alpha value is -4.33. The van der Waals surface area contributed by atoms with Crippen molar-refractivity contribution in [3.63, 3.8) is 0 Å². The summed E-state index contributed by atoms with van der Waals surface area (Å²) in [4.78, 5) is 90.9. The molecule has 12 atom stereocenters. The molecule has 5 N–H and O–H groups in total. The topological polar surface area (TPSA) is 200 Å². The van der Waals surface area contributed by atoms with Gasteiger partial charge in [-0.05, 0) is 117 Å². The molecular weight excluding hydrogens is 965 g/mol. The minimum atomic E-state index is -0.756. The van der Waals surface area contributed by atoms with Crippen molar-refractivity contribution >= 4 is 65.2 Å². The third-order valence-electron chi connectivity index (χ3n) is 16.1. The highest BCUT2D eigenvalue weighted by molar-refractivity contribution is 8.00. The van der Waals surface area contributed by atoms with Crippen LogP contribution in [0.3, 0.4) is 0 Å². The SMILES string of the molecule is CN[C@@H](C)C(=O)N[C@H]1CCS[C@H]2CC(C)(C)[C@@H](C(=O)N=CC3c4ccccc4C[C@H]3OCCCCCCO[C@@H]3Cc4ccccc4[C@@H]3NC(=O)[C@H]3N4C(=O)[C@@H](NC(=O)[C@H](C)NC)CCS[C@H]4CC3(C)C)N2C1=O. The van der Waals surface area contributed by atoms with Crippen molar-refractivity contribution < 1.29 is 38.2 Å². The van der Waals surface area contributed by atoms with Crippen LogP contribution in [0.25, 0.3) is 0 Å². The third-order valence-corrected chi connectivity index (χ3v) is 18.6. The summed E-state index contributed by atoms with van der Waals surface area (Å²) in [5.41, 5.74) is 3.45. The molecule has 16 nitrogen and oxygen atoms in total. The molecule has 0 aromatic heterocycles. The molecule has 4 fully saturated rings. The Morgan fingerprint density at radius 3 is 1.73 bits per heavy atom. The number of ether oxygens (including phenoxy) is 2.